The molecule has 0 radical (unpaired) electrons. The molecule has 1 amide bonds. The van der Waals surface area contributed by atoms with Crippen LogP contribution < -0.4 is 11.1 Å². The van der Waals surface area contributed by atoms with Crippen LogP contribution in [0.3, 0.4) is 0 Å². The lowest BCUT2D eigenvalue weighted by atomic mass is 10.1. The van der Waals surface area contributed by atoms with Crippen molar-refractivity contribution >= 4 is 44.8 Å². The Balaban J connectivity index is 2.30. The minimum absolute atomic E-state index is 0.145. The first-order valence-electron chi connectivity index (χ1n) is 5.70. The summed E-state index contributed by atoms with van der Waals surface area (Å²) in [6.45, 7) is 1.85. The third-order valence-corrected chi connectivity index (χ3v) is 3.74. The van der Waals surface area contributed by atoms with E-state index in [1.165, 1.54) is 6.07 Å². The highest BCUT2D eigenvalue weighted by molar-refractivity contribution is 9.10. The van der Waals surface area contributed by atoms with Crippen LogP contribution in [0.2, 0.25) is 5.02 Å². The molecule has 0 aliphatic carbocycles. The van der Waals surface area contributed by atoms with Crippen molar-refractivity contribution in [3.8, 4) is 0 Å². The summed E-state index contributed by atoms with van der Waals surface area (Å²) in [5.74, 6) is -1.02. The van der Waals surface area contributed by atoms with Gasteiger partial charge < -0.3 is 11.1 Å². The monoisotopic (exact) mass is 356 g/mol. The lowest BCUT2D eigenvalue weighted by Crippen LogP contribution is -2.13. The summed E-state index contributed by atoms with van der Waals surface area (Å²) in [5.41, 5.74) is 7.24. The molecule has 0 spiro atoms. The van der Waals surface area contributed by atoms with E-state index in [2.05, 4.69) is 21.2 Å². The second-order valence-corrected chi connectivity index (χ2v) is 5.57. The van der Waals surface area contributed by atoms with Gasteiger partial charge in [0, 0.05) is 20.7 Å². The number of rotatable bonds is 2. The number of nitrogens with one attached hydrogen (secondary N) is 1. The molecule has 104 valence electrons. The zero-order valence-corrected chi connectivity index (χ0v) is 12.8. The van der Waals surface area contributed by atoms with Gasteiger partial charge in [0.05, 0.1) is 5.69 Å². The summed E-state index contributed by atoms with van der Waals surface area (Å²) in [5, 5.41) is 3.19. The third kappa shape index (κ3) is 3.29. The first-order valence-corrected chi connectivity index (χ1v) is 6.87. The summed E-state index contributed by atoms with van der Waals surface area (Å²) >= 11 is 9.35. The van der Waals surface area contributed by atoms with E-state index < -0.39 is 11.7 Å². The molecule has 0 saturated carbocycles. The molecule has 2 aromatic carbocycles. The maximum absolute atomic E-state index is 13.2. The average Bonchev–Trinajstić information content (AvgIpc) is 2.34. The van der Waals surface area contributed by atoms with E-state index in [-0.39, 0.29) is 11.3 Å². The molecule has 2 rings (SSSR count). The smallest absolute Gasteiger partial charge is 0.255 e. The fraction of sp³-hybridized carbons (Fsp3) is 0.0714. The quantitative estimate of drug-likeness (QED) is 0.783. The van der Waals surface area contributed by atoms with Gasteiger partial charge in [0.15, 0.2) is 0 Å². The van der Waals surface area contributed by atoms with Crippen molar-refractivity contribution in [1.29, 1.82) is 0 Å². The Morgan fingerprint density at radius 2 is 2.00 bits per heavy atom. The highest BCUT2D eigenvalue weighted by Gasteiger charge is 2.11. The highest BCUT2D eigenvalue weighted by atomic mass is 79.9. The average molecular weight is 358 g/mol. The van der Waals surface area contributed by atoms with Crippen molar-refractivity contribution in [3.63, 3.8) is 0 Å². The second kappa shape index (κ2) is 5.81. The second-order valence-electron chi connectivity index (χ2n) is 4.31. The molecule has 20 heavy (non-hydrogen) atoms. The predicted octanol–water partition coefficient (Wildman–Crippen LogP) is 4.38. The minimum atomic E-state index is -0.559. The first-order chi connectivity index (χ1) is 9.36. The van der Waals surface area contributed by atoms with Crippen LogP contribution >= 0.6 is 27.5 Å². The van der Waals surface area contributed by atoms with Gasteiger partial charge in [0.2, 0.25) is 0 Å². The van der Waals surface area contributed by atoms with E-state index >= 15 is 0 Å². The molecule has 0 saturated heterocycles. The van der Waals surface area contributed by atoms with Gasteiger partial charge in [-0.15, -0.1) is 0 Å². The Morgan fingerprint density at radius 3 is 2.65 bits per heavy atom. The number of carbonyl (C=O) groups excluding carboxylic acids is 1. The molecule has 0 heterocycles. The van der Waals surface area contributed by atoms with Crippen LogP contribution in [0.15, 0.2) is 34.8 Å². The topological polar surface area (TPSA) is 55.1 Å². The minimum Gasteiger partial charge on any atom is -0.399 e. The van der Waals surface area contributed by atoms with E-state index in [1.54, 1.807) is 12.1 Å². The molecule has 3 nitrogen and oxygen atoms in total. The Kier molecular flexibility index (Phi) is 4.30. The number of halogens is 3. The number of benzene rings is 2. The van der Waals surface area contributed by atoms with Crippen molar-refractivity contribution in [2.45, 2.75) is 6.92 Å². The van der Waals surface area contributed by atoms with Crippen LogP contribution in [0.25, 0.3) is 0 Å². The molecule has 0 aliphatic rings. The summed E-state index contributed by atoms with van der Waals surface area (Å²) in [4.78, 5) is 12.1. The first kappa shape index (κ1) is 14.8. The Bertz CT molecular complexity index is 671. The maximum Gasteiger partial charge on any atom is 0.255 e. The van der Waals surface area contributed by atoms with Crippen molar-refractivity contribution in [2.75, 3.05) is 11.1 Å². The van der Waals surface area contributed by atoms with Crippen LogP contribution in [-0.2, 0) is 0 Å². The number of hydrogen-bond acceptors (Lipinski definition) is 2. The Hall–Kier alpha value is -1.59. The standard InChI is InChI=1S/C14H11BrClFN2O/c1-7-2-11(15)13(6-12(7)16)19-14(20)8-3-9(17)5-10(18)4-8/h2-6H,18H2,1H3,(H,19,20). The van der Waals surface area contributed by atoms with E-state index in [9.17, 15) is 9.18 Å². The molecular weight excluding hydrogens is 347 g/mol. The number of hydrogen-bond donors (Lipinski definition) is 2. The molecule has 6 heteroatoms. The van der Waals surface area contributed by atoms with E-state index in [0.717, 1.165) is 17.7 Å². The molecule has 0 bridgehead atoms. The SMILES string of the molecule is Cc1cc(Br)c(NC(=O)c2cc(N)cc(F)c2)cc1Cl. The van der Waals surface area contributed by atoms with Gasteiger partial charge in [-0.3, -0.25) is 4.79 Å². The van der Waals surface area contributed by atoms with Crippen molar-refractivity contribution in [1.82, 2.24) is 0 Å². The summed E-state index contributed by atoms with van der Waals surface area (Å²) in [7, 11) is 0. The third-order valence-electron chi connectivity index (χ3n) is 2.68. The Labute approximate surface area is 129 Å². The Morgan fingerprint density at radius 1 is 1.30 bits per heavy atom. The summed E-state index contributed by atoms with van der Waals surface area (Å²) < 4.78 is 13.9. The predicted molar refractivity (Wildman–Crippen MR) is 82.7 cm³/mol. The van der Waals surface area contributed by atoms with Gasteiger partial charge in [-0.2, -0.15) is 0 Å². The van der Waals surface area contributed by atoms with Gasteiger partial charge in [-0.05, 0) is 58.7 Å². The molecular formula is C14H11BrClFN2O. The van der Waals surface area contributed by atoms with E-state index in [0.29, 0.717) is 15.2 Å². The molecule has 0 aromatic heterocycles. The fourth-order valence-corrected chi connectivity index (χ4v) is 2.40. The van der Waals surface area contributed by atoms with Gasteiger partial charge in [-0.25, -0.2) is 4.39 Å². The number of amides is 1. The van der Waals surface area contributed by atoms with Crippen LogP contribution in [-0.4, -0.2) is 5.91 Å². The zero-order valence-electron chi connectivity index (χ0n) is 10.5. The number of anilines is 2. The summed E-state index contributed by atoms with van der Waals surface area (Å²) in [6, 6.07) is 7.09. The van der Waals surface area contributed by atoms with Crippen LogP contribution in [0.4, 0.5) is 15.8 Å². The molecule has 0 unspecified atom stereocenters. The molecule has 3 N–H and O–H groups in total. The van der Waals surface area contributed by atoms with Crippen molar-refractivity contribution in [2.24, 2.45) is 0 Å². The van der Waals surface area contributed by atoms with E-state index in [1.807, 2.05) is 6.92 Å². The normalized spacial score (nSPS) is 10.4. The van der Waals surface area contributed by atoms with Gasteiger partial charge in [0.1, 0.15) is 5.82 Å². The van der Waals surface area contributed by atoms with Gasteiger partial charge in [0.25, 0.3) is 5.91 Å². The van der Waals surface area contributed by atoms with Crippen molar-refractivity contribution in [3.05, 3.63) is 56.8 Å². The van der Waals surface area contributed by atoms with Gasteiger partial charge in [-0.1, -0.05) is 11.6 Å². The van der Waals surface area contributed by atoms with Crippen molar-refractivity contribution < 1.29 is 9.18 Å². The number of aryl methyl sites for hydroxylation is 1. The van der Waals surface area contributed by atoms with Gasteiger partial charge >= 0.3 is 0 Å². The van der Waals surface area contributed by atoms with Crippen LogP contribution in [0.1, 0.15) is 15.9 Å². The van der Waals surface area contributed by atoms with Crippen LogP contribution in [0.5, 0.6) is 0 Å². The maximum atomic E-state index is 13.2. The molecule has 0 fully saturated rings. The summed E-state index contributed by atoms with van der Waals surface area (Å²) in [6.07, 6.45) is 0. The number of nitrogen functional groups attached to an aromatic ring is 1. The molecule has 2 aromatic rings. The van der Waals surface area contributed by atoms with Crippen LogP contribution in [0, 0.1) is 12.7 Å². The highest BCUT2D eigenvalue weighted by Crippen LogP contribution is 2.29. The zero-order chi connectivity index (χ0) is 14.9. The number of nitrogens with two attached hydrogens (primary N) is 1. The molecule has 0 aliphatic heterocycles. The van der Waals surface area contributed by atoms with E-state index in [4.69, 9.17) is 17.3 Å². The number of carbonyl (C=O) groups is 1. The fourth-order valence-electron chi connectivity index (χ4n) is 1.68. The molecule has 0 atom stereocenters. The largest absolute Gasteiger partial charge is 0.399 e. The lowest BCUT2D eigenvalue weighted by Gasteiger charge is -2.10. The lowest BCUT2D eigenvalue weighted by molar-refractivity contribution is 0.102.